The largest absolute Gasteiger partial charge is 0.439 e. The molecule has 4 nitrogen and oxygen atoms in total. The van der Waals surface area contributed by atoms with Gasteiger partial charge in [-0.3, -0.25) is 9.13 Å². The summed E-state index contributed by atoms with van der Waals surface area (Å²) in [6.07, 6.45) is 5.23. The van der Waals surface area contributed by atoms with Crippen LogP contribution >= 0.6 is 14.7 Å². The maximum Gasteiger partial charge on any atom is 0.278 e. The number of allylic oxidation sites excluding steroid dienone is 4. The fraction of sp³-hybridized carbons (Fsp3) is 0.185. The summed E-state index contributed by atoms with van der Waals surface area (Å²) in [6, 6.07) is 23.1. The lowest BCUT2D eigenvalue weighted by Crippen LogP contribution is -2.22. The monoisotopic (exact) mass is 474 g/mol. The van der Waals surface area contributed by atoms with Gasteiger partial charge in [0.25, 0.3) is 14.7 Å². The van der Waals surface area contributed by atoms with Gasteiger partial charge in [0.15, 0.2) is 0 Å². The van der Waals surface area contributed by atoms with Crippen LogP contribution in [0.25, 0.3) is 16.7 Å². The van der Waals surface area contributed by atoms with Gasteiger partial charge in [-0.15, -0.1) is 0 Å². The van der Waals surface area contributed by atoms with E-state index in [4.69, 9.17) is 9.05 Å². The van der Waals surface area contributed by atoms with Gasteiger partial charge >= 0.3 is 0 Å². The van der Waals surface area contributed by atoms with Crippen molar-refractivity contribution in [3.05, 3.63) is 95.8 Å². The Kier molecular flexibility index (Phi) is 4.80. The minimum Gasteiger partial charge on any atom is -0.439 e. The van der Waals surface area contributed by atoms with Crippen molar-refractivity contribution >= 4 is 25.6 Å². The molecule has 6 heteroatoms. The predicted octanol–water partition coefficient (Wildman–Crippen LogP) is 7.33. The molecule has 1 aliphatic carbocycles. The summed E-state index contributed by atoms with van der Waals surface area (Å²) in [5.41, 5.74) is 3.96. The molecule has 0 amide bonds. The lowest BCUT2D eigenvalue weighted by atomic mass is 9.87. The molecule has 2 unspecified atom stereocenters. The van der Waals surface area contributed by atoms with E-state index in [0.717, 1.165) is 34.0 Å². The van der Waals surface area contributed by atoms with E-state index in [0.29, 0.717) is 16.8 Å². The van der Waals surface area contributed by atoms with Crippen molar-refractivity contribution in [2.75, 3.05) is 12.3 Å². The van der Waals surface area contributed by atoms with E-state index in [-0.39, 0.29) is 18.2 Å². The zero-order valence-corrected chi connectivity index (χ0v) is 20.1. The molecule has 2 aliphatic heterocycles. The first kappa shape index (κ1) is 20.8. The maximum atomic E-state index is 14.3. The Morgan fingerprint density at radius 1 is 0.758 bits per heavy atom. The summed E-state index contributed by atoms with van der Waals surface area (Å²) in [6.45, 7) is 2.16. The Bertz CT molecular complexity index is 1440. The Morgan fingerprint density at radius 2 is 1.33 bits per heavy atom. The van der Waals surface area contributed by atoms with Crippen molar-refractivity contribution in [2.45, 2.75) is 13.3 Å². The van der Waals surface area contributed by atoms with E-state index in [9.17, 15) is 9.13 Å². The van der Waals surface area contributed by atoms with Gasteiger partial charge in [-0.25, -0.2) is 0 Å². The summed E-state index contributed by atoms with van der Waals surface area (Å²) in [4.78, 5) is 0. The molecular weight excluding hydrogens is 450 g/mol. The van der Waals surface area contributed by atoms with E-state index >= 15 is 0 Å². The molecule has 166 valence electrons. The lowest BCUT2D eigenvalue weighted by molar-refractivity contribution is 0.478. The molecule has 3 aromatic carbocycles. The average Bonchev–Trinajstić information content (AvgIpc) is 2.84. The quantitative estimate of drug-likeness (QED) is 0.373. The number of rotatable bonds is 3. The van der Waals surface area contributed by atoms with Gasteiger partial charge in [-0.1, -0.05) is 73.7 Å². The van der Waals surface area contributed by atoms with Crippen LogP contribution in [-0.2, 0) is 9.13 Å². The summed E-state index contributed by atoms with van der Waals surface area (Å²) in [5.74, 6) is 1.51. The topological polar surface area (TPSA) is 52.6 Å². The molecule has 0 N–H and O–H groups in total. The first-order valence-corrected chi connectivity index (χ1v) is 14.9. The first-order chi connectivity index (χ1) is 16.0. The second-order valence-corrected chi connectivity index (χ2v) is 13.7. The van der Waals surface area contributed by atoms with Gasteiger partial charge in [-0.2, -0.15) is 0 Å². The summed E-state index contributed by atoms with van der Waals surface area (Å²) in [7, 11) is -6.57. The molecule has 3 aromatic rings. The number of hydrogen-bond acceptors (Lipinski definition) is 4. The normalized spacial score (nSPS) is 26.9. The average molecular weight is 474 g/mol. The lowest BCUT2D eigenvalue weighted by Gasteiger charge is -2.35. The third-order valence-electron chi connectivity index (χ3n) is 6.71. The van der Waals surface area contributed by atoms with Gasteiger partial charge in [0, 0.05) is 23.5 Å². The summed E-state index contributed by atoms with van der Waals surface area (Å²) < 4.78 is 40.9. The van der Waals surface area contributed by atoms with Crippen molar-refractivity contribution in [3.8, 4) is 22.6 Å². The predicted molar refractivity (Wildman–Crippen MR) is 134 cm³/mol. The van der Waals surface area contributed by atoms with Gasteiger partial charge < -0.3 is 9.05 Å². The van der Waals surface area contributed by atoms with Crippen molar-refractivity contribution in [3.63, 3.8) is 0 Å². The van der Waals surface area contributed by atoms with E-state index in [2.05, 4.69) is 13.0 Å². The number of benzene rings is 3. The van der Waals surface area contributed by atoms with Gasteiger partial charge in [0.1, 0.15) is 11.5 Å². The van der Waals surface area contributed by atoms with E-state index in [1.807, 2.05) is 78.9 Å². The molecule has 0 bridgehead atoms. The smallest absolute Gasteiger partial charge is 0.278 e. The molecule has 3 aliphatic rings. The van der Waals surface area contributed by atoms with Crippen LogP contribution in [0.3, 0.4) is 0 Å². The first-order valence-electron chi connectivity index (χ1n) is 11.3. The maximum absolute atomic E-state index is 14.3. The van der Waals surface area contributed by atoms with Crippen molar-refractivity contribution < 1.29 is 18.2 Å². The molecule has 0 radical (unpaired) electrons. The van der Waals surface area contributed by atoms with Gasteiger partial charge in [0.2, 0.25) is 0 Å². The zero-order chi connectivity index (χ0) is 22.6. The SMILES string of the molecule is C[C@H]1CC=CC2=C1c1ccccc1OP2(=O)CCP1(=O)Oc2ccccc2-c2ccccc21. The Balaban J connectivity index is 1.40. The van der Waals surface area contributed by atoms with Crippen LogP contribution in [0.5, 0.6) is 11.5 Å². The van der Waals surface area contributed by atoms with Crippen LogP contribution < -0.4 is 14.4 Å². The minimum atomic E-state index is -3.29. The zero-order valence-electron chi connectivity index (χ0n) is 18.3. The standard InChI is InChI=1S/C27H24O4P2/c1-19-9-8-16-26-27(19)22-12-3-6-14-24(22)31-33(26,29)18-17-32(28)25-15-7-4-11-21(25)20-10-2-5-13-23(20)30-32/h2-8,10-16,19H,9,17-18H2,1H3/t19-,32?,33?/m0/s1. The molecule has 0 saturated heterocycles. The summed E-state index contributed by atoms with van der Waals surface area (Å²) in [5, 5.41) is 1.45. The third kappa shape index (κ3) is 3.28. The van der Waals surface area contributed by atoms with Crippen LogP contribution in [0, 0.1) is 5.92 Å². The van der Waals surface area contributed by atoms with E-state index in [1.54, 1.807) is 0 Å². The molecule has 0 aromatic heterocycles. The Hall–Kier alpha value is -2.80. The van der Waals surface area contributed by atoms with Crippen molar-refractivity contribution in [1.82, 2.24) is 0 Å². The second kappa shape index (κ2) is 7.62. The van der Waals surface area contributed by atoms with Crippen LogP contribution in [0.4, 0.5) is 0 Å². The molecule has 0 saturated carbocycles. The molecule has 0 spiro atoms. The fourth-order valence-corrected chi connectivity index (χ4v) is 10.9. The van der Waals surface area contributed by atoms with Gasteiger partial charge in [0.05, 0.1) is 10.6 Å². The molecular formula is C27H24O4P2. The van der Waals surface area contributed by atoms with E-state index in [1.165, 1.54) is 0 Å². The number of hydrogen-bond donors (Lipinski definition) is 0. The van der Waals surface area contributed by atoms with Crippen LogP contribution in [0.15, 0.2) is 90.3 Å². The molecule has 2 heterocycles. The molecule has 33 heavy (non-hydrogen) atoms. The highest BCUT2D eigenvalue weighted by Gasteiger charge is 2.43. The second-order valence-electron chi connectivity index (χ2n) is 8.82. The Morgan fingerprint density at radius 3 is 2.12 bits per heavy atom. The molecule has 0 fully saturated rings. The highest BCUT2D eigenvalue weighted by molar-refractivity contribution is 7.70. The highest BCUT2D eigenvalue weighted by Crippen LogP contribution is 2.66. The van der Waals surface area contributed by atoms with Crippen LogP contribution in [-0.4, -0.2) is 12.3 Å². The number of para-hydroxylation sites is 2. The molecule has 3 atom stereocenters. The third-order valence-corrected chi connectivity index (χ3v) is 11.9. The minimum absolute atomic E-state index is 0.150. The van der Waals surface area contributed by atoms with Crippen LogP contribution in [0.2, 0.25) is 0 Å². The fourth-order valence-electron chi connectivity index (χ4n) is 5.09. The number of fused-ring (bicyclic) bond motifs is 5. The van der Waals surface area contributed by atoms with E-state index < -0.39 is 14.7 Å². The highest BCUT2D eigenvalue weighted by atomic mass is 31.2. The van der Waals surface area contributed by atoms with Gasteiger partial charge in [-0.05, 0) is 41.7 Å². The Labute approximate surface area is 193 Å². The van der Waals surface area contributed by atoms with Crippen molar-refractivity contribution in [1.29, 1.82) is 0 Å². The van der Waals surface area contributed by atoms with Crippen molar-refractivity contribution in [2.24, 2.45) is 5.92 Å². The molecule has 6 rings (SSSR count). The summed E-state index contributed by atoms with van der Waals surface area (Å²) >= 11 is 0. The van der Waals surface area contributed by atoms with Crippen LogP contribution in [0.1, 0.15) is 18.9 Å².